The van der Waals surface area contributed by atoms with Gasteiger partial charge in [0.2, 0.25) is 6.23 Å². The molecule has 0 amide bonds. The molecule has 0 spiro atoms. The van der Waals surface area contributed by atoms with Gasteiger partial charge in [-0.2, -0.15) is 0 Å². The summed E-state index contributed by atoms with van der Waals surface area (Å²) in [5.74, 6) is -0.326. The van der Waals surface area contributed by atoms with Crippen molar-refractivity contribution in [3.63, 3.8) is 0 Å². The molecular weight excluding hydrogens is 242 g/mol. The highest BCUT2D eigenvalue weighted by atomic mass is 16.6. The van der Waals surface area contributed by atoms with Crippen LogP contribution in [-0.4, -0.2) is 45.1 Å². The number of aromatic nitrogens is 2. The number of carbonyl (C=O) groups excluding carboxylic acids is 1. The number of aliphatic hydroxyl groups is 2. The first-order valence-electron chi connectivity index (χ1n) is 5.37. The maximum Gasteiger partial charge on any atom is 0.346 e. The first kappa shape index (κ1) is 14.1. The number of hydrogen-bond acceptors (Lipinski definition) is 7. The molecule has 18 heavy (non-hydrogen) atoms. The summed E-state index contributed by atoms with van der Waals surface area (Å²) < 4.78 is 4.89. The molecule has 1 aromatic heterocycles. The van der Waals surface area contributed by atoms with Gasteiger partial charge >= 0.3 is 11.7 Å². The lowest BCUT2D eigenvalue weighted by atomic mass is 10.3. The Balaban J connectivity index is 2.77. The lowest BCUT2D eigenvalue weighted by Gasteiger charge is -2.23. The van der Waals surface area contributed by atoms with Crippen LogP contribution in [0.5, 0.6) is 0 Å². The van der Waals surface area contributed by atoms with Crippen LogP contribution in [0.1, 0.15) is 13.3 Å². The molecule has 4 N–H and O–H groups in total. The van der Waals surface area contributed by atoms with Crippen molar-refractivity contribution in [2.24, 2.45) is 0 Å². The number of ether oxygens (including phenoxy) is 1. The van der Waals surface area contributed by atoms with E-state index in [1.54, 1.807) is 6.92 Å². The van der Waals surface area contributed by atoms with Crippen molar-refractivity contribution in [3.05, 3.63) is 22.7 Å². The third kappa shape index (κ3) is 4.15. The van der Waals surface area contributed by atoms with Crippen LogP contribution in [0.25, 0.3) is 0 Å². The van der Waals surface area contributed by atoms with Crippen LogP contribution in [0, 0.1) is 0 Å². The minimum atomic E-state index is -1.31. The smallest absolute Gasteiger partial charge is 0.346 e. The van der Waals surface area contributed by atoms with E-state index >= 15 is 0 Å². The van der Waals surface area contributed by atoms with E-state index in [4.69, 9.17) is 9.84 Å². The van der Waals surface area contributed by atoms with E-state index in [-0.39, 0.29) is 12.2 Å². The Hall–Kier alpha value is -1.93. The van der Waals surface area contributed by atoms with E-state index in [9.17, 15) is 14.7 Å². The number of nitrogens with zero attached hydrogens (tertiary/aromatic N) is 1. The second-order valence-corrected chi connectivity index (χ2v) is 3.45. The number of nitrogens with one attached hydrogen (secondary N) is 2. The Morgan fingerprint density at radius 2 is 2.39 bits per heavy atom. The third-order valence-electron chi connectivity index (χ3n) is 2.06. The molecule has 0 saturated carbocycles. The summed E-state index contributed by atoms with van der Waals surface area (Å²) >= 11 is 0. The van der Waals surface area contributed by atoms with Gasteiger partial charge in [0.05, 0.1) is 6.61 Å². The molecule has 8 heteroatoms. The minimum absolute atomic E-state index is 0.128. The molecule has 0 aliphatic carbocycles. The summed E-state index contributed by atoms with van der Waals surface area (Å²) in [6, 6.07) is 1.43. The van der Waals surface area contributed by atoms with Crippen molar-refractivity contribution < 1.29 is 19.7 Å². The van der Waals surface area contributed by atoms with Crippen LogP contribution >= 0.6 is 0 Å². The Labute approximate surface area is 103 Å². The van der Waals surface area contributed by atoms with E-state index in [1.165, 1.54) is 12.3 Å². The predicted octanol–water partition coefficient (Wildman–Crippen LogP) is -1.19. The van der Waals surface area contributed by atoms with Gasteiger partial charge in [0, 0.05) is 12.6 Å². The Bertz CT molecular complexity index is 447. The molecule has 0 saturated heterocycles. The van der Waals surface area contributed by atoms with Crippen molar-refractivity contribution >= 4 is 11.8 Å². The topological polar surface area (TPSA) is 125 Å². The molecule has 0 bridgehead atoms. The summed E-state index contributed by atoms with van der Waals surface area (Å²) in [7, 11) is 0. The van der Waals surface area contributed by atoms with E-state index < -0.39 is 30.6 Å². The summed E-state index contributed by atoms with van der Waals surface area (Å²) in [5.41, 5.74) is -0.584. The molecule has 1 heterocycles. The number of H-pyrrole nitrogens is 1. The van der Waals surface area contributed by atoms with E-state index in [0.717, 1.165) is 0 Å². The van der Waals surface area contributed by atoms with E-state index in [1.807, 2.05) is 0 Å². The van der Waals surface area contributed by atoms with E-state index in [0.29, 0.717) is 0 Å². The van der Waals surface area contributed by atoms with Gasteiger partial charge in [0.25, 0.3) is 0 Å². The molecule has 2 atom stereocenters. The second kappa shape index (κ2) is 6.72. The molecule has 1 rings (SSSR count). The average Bonchev–Trinajstić information content (AvgIpc) is 2.36. The van der Waals surface area contributed by atoms with Crippen molar-refractivity contribution in [2.75, 3.05) is 11.9 Å². The summed E-state index contributed by atoms with van der Waals surface area (Å²) in [6.45, 7) is 1.00. The number of hydrogen-bond donors (Lipinski definition) is 4. The van der Waals surface area contributed by atoms with Crippen LogP contribution < -0.4 is 11.0 Å². The zero-order valence-corrected chi connectivity index (χ0v) is 9.79. The summed E-state index contributed by atoms with van der Waals surface area (Å²) in [5, 5.41) is 20.9. The Kier molecular flexibility index (Phi) is 5.28. The fraction of sp³-hybridized carbons (Fsp3) is 0.500. The summed E-state index contributed by atoms with van der Waals surface area (Å²) in [4.78, 5) is 27.9. The number of carbonyl (C=O) groups is 1. The zero-order chi connectivity index (χ0) is 13.5. The van der Waals surface area contributed by atoms with Crippen LogP contribution in [0.15, 0.2) is 17.1 Å². The van der Waals surface area contributed by atoms with Crippen LogP contribution in [0.3, 0.4) is 0 Å². The van der Waals surface area contributed by atoms with Crippen molar-refractivity contribution in [1.82, 2.24) is 9.97 Å². The monoisotopic (exact) mass is 257 g/mol. The number of anilines is 1. The standard InChI is InChI=1S/C10H15N3O5/c1-2-8(16)18-9(6(15)5-14)12-7-3-4-11-10(17)13-7/h3-4,6,9,14-15H,2,5H2,1H3,(H2,11,12,13,17). The fourth-order valence-corrected chi connectivity index (χ4v) is 1.13. The maximum atomic E-state index is 11.2. The first-order chi connectivity index (χ1) is 8.56. The van der Waals surface area contributed by atoms with Gasteiger partial charge in [-0.25, -0.2) is 9.78 Å². The van der Waals surface area contributed by atoms with Gasteiger partial charge in [-0.1, -0.05) is 6.92 Å². The normalized spacial score (nSPS) is 13.7. The molecular formula is C10H15N3O5. The maximum absolute atomic E-state index is 11.2. The SMILES string of the molecule is CCC(=O)OC(Nc1ccnc(=O)[nH]1)C(O)CO. The number of rotatable bonds is 6. The molecule has 0 aliphatic rings. The fourth-order valence-electron chi connectivity index (χ4n) is 1.13. The predicted molar refractivity (Wildman–Crippen MR) is 61.7 cm³/mol. The van der Waals surface area contributed by atoms with Gasteiger partial charge in [-0.05, 0) is 6.07 Å². The molecule has 0 radical (unpaired) electrons. The highest BCUT2D eigenvalue weighted by Gasteiger charge is 2.22. The highest BCUT2D eigenvalue weighted by molar-refractivity contribution is 5.69. The number of esters is 1. The van der Waals surface area contributed by atoms with Gasteiger partial charge < -0.3 is 20.3 Å². The van der Waals surface area contributed by atoms with Gasteiger partial charge in [-0.15, -0.1) is 0 Å². The molecule has 0 fully saturated rings. The van der Waals surface area contributed by atoms with Crippen LogP contribution in [0.2, 0.25) is 0 Å². The van der Waals surface area contributed by atoms with E-state index in [2.05, 4.69) is 15.3 Å². The highest BCUT2D eigenvalue weighted by Crippen LogP contribution is 2.06. The molecule has 1 aromatic rings. The van der Waals surface area contributed by atoms with Gasteiger partial charge in [0.1, 0.15) is 11.9 Å². The van der Waals surface area contributed by atoms with Crippen molar-refractivity contribution in [1.29, 1.82) is 0 Å². The molecule has 0 aromatic carbocycles. The van der Waals surface area contributed by atoms with Crippen molar-refractivity contribution in [3.8, 4) is 0 Å². The number of aliphatic hydroxyl groups excluding tert-OH is 2. The van der Waals surface area contributed by atoms with Gasteiger partial charge in [0.15, 0.2) is 0 Å². The quantitative estimate of drug-likeness (QED) is 0.373. The number of aromatic amines is 1. The largest absolute Gasteiger partial charge is 0.439 e. The lowest BCUT2D eigenvalue weighted by Crippen LogP contribution is -2.40. The Morgan fingerprint density at radius 1 is 1.67 bits per heavy atom. The Morgan fingerprint density at radius 3 is 2.94 bits per heavy atom. The second-order valence-electron chi connectivity index (χ2n) is 3.45. The zero-order valence-electron chi connectivity index (χ0n) is 9.79. The molecule has 0 aliphatic heterocycles. The molecule has 100 valence electrons. The molecule has 8 nitrogen and oxygen atoms in total. The van der Waals surface area contributed by atoms with Crippen LogP contribution in [0.4, 0.5) is 5.82 Å². The minimum Gasteiger partial charge on any atom is -0.439 e. The van der Waals surface area contributed by atoms with Crippen LogP contribution in [-0.2, 0) is 9.53 Å². The third-order valence-corrected chi connectivity index (χ3v) is 2.06. The first-order valence-corrected chi connectivity index (χ1v) is 5.37. The summed E-state index contributed by atoms with van der Waals surface area (Å²) in [6.07, 6.45) is -1.08. The van der Waals surface area contributed by atoms with Crippen molar-refractivity contribution in [2.45, 2.75) is 25.7 Å². The lowest BCUT2D eigenvalue weighted by molar-refractivity contribution is -0.153. The molecule has 2 unspecified atom stereocenters. The van der Waals surface area contributed by atoms with Gasteiger partial charge in [-0.3, -0.25) is 9.78 Å². The average molecular weight is 257 g/mol.